The summed E-state index contributed by atoms with van der Waals surface area (Å²) >= 11 is 0. The molecule has 5 rings (SSSR count). The minimum absolute atomic E-state index is 0.0495. The summed E-state index contributed by atoms with van der Waals surface area (Å²) in [6.45, 7) is 10.8. The minimum atomic E-state index is -4.39. The van der Waals surface area contributed by atoms with Gasteiger partial charge in [0.2, 0.25) is 17.5 Å². The molecular weight excluding hydrogens is 789 g/mol. The first-order valence-corrected chi connectivity index (χ1v) is 23.7. The topological polar surface area (TPSA) is 173 Å². The third-order valence-corrected chi connectivity index (χ3v) is 13.3. The van der Waals surface area contributed by atoms with Gasteiger partial charge in [0.25, 0.3) is 20.2 Å². The van der Waals surface area contributed by atoms with Crippen LogP contribution in [0.5, 0.6) is 0 Å². The lowest BCUT2D eigenvalue weighted by atomic mass is 9.81. The summed E-state index contributed by atoms with van der Waals surface area (Å²) < 4.78 is 70.1. The van der Waals surface area contributed by atoms with E-state index in [0.717, 1.165) is 98.1 Å². The molecule has 0 saturated carbocycles. The summed E-state index contributed by atoms with van der Waals surface area (Å²) in [6, 6.07) is 9.47. The largest absolute Gasteiger partial charge is 0.356 e. The zero-order chi connectivity index (χ0) is 42.8. The summed E-state index contributed by atoms with van der Waals surface area (Å²) in [5.41, 5.74) is 4.21. The van der Waals surface area contributed by atoms with Crippen LogP contribution in [0.4, 0.5) is 11.4 Å². The summed E-state index contributed by atoms with van der Waals surface area (Å²) in [6.07, 6.45) is 23.1. The van der Waals surface area contributed by atoms with Crippen LogP contribution in [0.15, 0.2) is 94.4 Å². The van der Waals surface area contributed by atoms with Crippen LogP contribution in [0.25, 0.3) is 0 Å². The Morgan fingerprint density at radius 1 is 0.627 bits per heavy atom. The minimum Gasteiger partial charge on any atom is -0.356 e. The first-order chi connectivity index (χ1) is 27.9. The van der Waals surface area contributed by atoms with Gasteiger partial charge in [0, 0.05) is 73.4 Å². The van der Waals surface area contributed by atoms with Crippen LogP contribution in [0.1, 0.15) is 116 Å². The number of nitrogens with zero attached hydrogens (tertiary/aromatic N) is 2. The lowest BCUT2D eigenvalue weighted by molar-refractivity contribution is -0.438. The summed E-state index contributed by atoms with van der Waals surface area (Å²) in [7, 11) is -8.78. The molecule has 0 radical (unpaired) electrons. The van der Waals surface area contributed by atoms with Gasteiger partial charge in [-0.2, -0.15) is 21.4 Å². The zero-order valence-electron chi connectivity index (χ0n) is 34.9. The summed E-state index contributed by atoms with van der Waals surface area (Å²) in [4.78, 5) is 26.9. The van der Waals surface area contributed by atoms with Crippen molar-refractivity contribution in [3.8, 4) is 0 Å². The molecule has 3 aliphatic heterocycles. The molecule has 0 fully saturated rings. The normalized spacial score (nSPS) is 20.6. The molecule has 12 nitrogen and oxygen atoms in total. The van der Waals surface area contributed by atoms with Crippen molar-refractivity contribution in [2.75, 3.05) is 31.1 Å². The van der Waals surface area contributed by atoms with E-state index in [1.165, 1.54) is 12.1 Å². The van der Waals surface area contributed by atoms with Crippen molar-refractivity contribution >= 4 is 49.1 Å². The van der Waals surface area contributed by atoms with Crippen LogP contribution >= 0.6 is 0 Å². The second kappa shape index (κ2) is 19.8. The highest BCUT2D eigenvalue weighted by Gasteiger charge is 2.45. The lowest BCUT2D eigenvalue weighted by Crippen LogP contribution is -2.28. The molecule has 320 valence electrons. The number of fused-ring (bicyclic) bond motifs is 5. The number of hydrogen-bond donors (Lipinski definition) is 4. The highest BCUT2D eigenvalue weighted by atomic mass is 32.2. The molecule has 2 aromatic carbocycles. The Balaban J connectivity index is 1.40. The molecule has 0 unspecified atom stereocenters. The van der Waals surface area contributed by atoms with E-state index in [9.17, 15) is 35.5 Å². The van der Waals surface area contributed by atoms with E-state index >= 15 is 0 Å². The van der Waals surface area contributed by atoms with Crippen molar-refractivity contribution in [2.45, 2.75) is 125 Å². The maximum atomic E-state index is 12.5. The van der Waals surface area contributed by atoms with Crippen LogP contribution in [0.2, 0.25) is 0 Å². The van der Waals surface area contributed by atoms with Gasteiger partial charge in [0.1, 0.15) is 6.54 Å². The molecule has 3 heterocycles. The van der Waals surface area contributed by atoms with E-state index in [1.54, 1.807) is 24.3 Å². The van der Waals surface area contributed by atoms with Crippen LogP contribution in [0.3, 0.4) is 0 Å². The molecule has 0 bridgehead atoms. The Bertz CT molecular complexity index is 2250. The number of hydrogen-bond acceptors (Lipinski definition) is 7. The molecule has 0 aromatic heterocycles. The Morgan fingerprint density at radius 3 is 1.80 bits per heavy atom. The quantitative estimate of drug-likeness (QED) is 0.174. The molecule has 3 aliphatic rings. The first kappa shape index (κ1) is 45.7. The zero-order valence-corrected chi connectivity index (χ0v) is 36.5. The van der Waals surface area contributed by atoms with Gasteiger partial charge in [-0.3, -0.25) is 18.7 Å². The molecule has 0 aliphatic carbocycles. The Labute approximate surface area is 350 Å². The highest BCUT2D eigenvalue weighted by Crippen LogP contribution is 2.48. The van der Waals surface area contributed by atoms with Crippen LogP contribution < -0.4 is 15.5 Å². The van der Waals surface area contributed by atoms with Crippen molar-refractivity contribution in [3.05, 3.63) is 95.8 Å². The number of allylic oxidation sites excluding steroid dienone is 8. The number of anilines is 1. The molecule has 14 heteroatoms. The average molecular weight is 850 g/mol. The molecular formula is C45H61N4O8S2+. The van der Waals surface area contributed by atoms with Crippen molar-refractivity contribution in [1.82, 2.24) is 10.6 Å². The van der Waals surface area contributed by atoms with E-state index in [1.807, 2.05) is 70.2 Å². The predicted octanol–water partition coefficient (Wildman–Crippen LogP) is 7.83. The fraction of sp³-hybridized carbons (Fsp3) is 0.489. The van der Waals surface area contributed by atoms with Crippen LogP contribution in [-0.4, -0.2) is 74.2 Å². The second-order valence-electron chi connectivity index (χ2n) is 16.7. The van der Waals surface area contributed by atoms with E-state index in [0.29, 0.717) is 39.0 Å². The molecule has 2 aromatic rings. The number of nitrogens with one attached hydrogen (secondary N) is 2. The van der Waals surface area contributed by atoms with Gasteiger partial charge >= 0.3 is 0 Å². The number of carbonyl (C=O) groups excluding carboxylic acids is 2. The summed E-state index contributed by atoms with van der Waals surface area (Å²) in [5, 5.41) is 6.06. The molecule has 2 amide bonds. The maximum absolute atomic E-state index is 12.5. The predicted molar refractivity (Wildman–Crippen MR) is 233 cm³/mol. The standard InChI is InChI=1S/C45H60N4O8S2/c1-44(2)36-32-34(58(52,53)54)24-26-38(36)48-30-18-10-14-22-42(50)46-28-16-8-9-17-29-47-43(51)23-15-11-19-31-49-39-27-25-35(59(55,56)57)33-37(39)45(3,4)41(49)21-13-7-5-6-12-20-40(44)48/h5-7,12-13,20-21,24-27,32-33H,8-11,14-19,22-23,28-31H2,1-4H3,(H3-,46,47,50,51,52,53,54,55,56,57)/p+1. The smallest absolute Gasteiger partial charge is 0.294 e. The van der Waals surface area contributed by atoms with E-state index < -0.39 is 31.1 Å². The lowest BCUT2D eigenvalue weighted by Gasteiger charge is -2.27. The first-order valence-electron chi connectivity index (χ1n) is 20.8. The molecule has 0 saturated heterocycles. The van der Waals surface area contributed by atoms with Gasteiger partial charge in [-0.25, -0.2) is 0 Å². The molecule has 0 spiro atoms. The van der Waals surface area contributed by atoms with E-state index in [-0.39, 0.29) is 21.6 Å². The monoisotopic (exact) mass is 849 g/mol. The Morgan fingerprint density at radius 2 is 1.17 bits per heavy atom. The fourth-order valence-corrected chi connectivity index (χ4v) is 9.31. The van der Waals surface area contributed by atoms with Crippen molar-refractivity contribution in [2.24, 2.45) is 0 Å². The fourth-order valence-electron chi connectivity index (χ4n) is 8.30. The van der Waals surface area contributed by atoms with Crippen molar-refractivity contribution in [1.29, 1.82) is 0 Å². The average Bonchev–Trinajstić information content (AvgIpc) is 3.51. The van der Waals surface area contributed by atoms with Gasteiger partial charge in [0.15, 0.2) is 5.71 Å². The van der Waals surface area contributed by atoms with Gasteiger partial charge in [0.05, 0.1) is 15.2 Å². The van der Waals surface area contributed by atoms with E-state index in [2.05, 4.69) is 20.1 Å². The number of rotatable bonds is 2. The third kappa shape index (κ3) is 11.7. The molecule has 0 atom stereocenters. The van der Waals surface area contributed by atoms with Gasteiger partial charge in [-0.1, -0.05) is 63.5 Å². The number of benzene rings is 2. The van der Waals surface area contributed by atoms with Crippen molar-refractivity contribution in [3.63, 3.8) is 0 Å². The molecule has 59 heavy (non-hydrogen) atoms. The number of amides is 2. The van der Waals surface area contributed by atoms with Gasteiger partial charge < -0.3 is 15.5 Å². The van der Waals surface area contributed by atoms with Crippen LogP contribution in [-0.2, 0) is 40.7 Å². The third-order valence-electron chi connectivity index (χ3n) is 11.6. The van der Waals surface area contributed by atoms with E-state index in [4.69, 9.17) is 0 Å². The van der Waals surface area contributed by atoms with Gasteiger partial charge in [-0.15, -0.1) is 0 Å². The number of carbonyl (C=O) groups is 2. The van der Waals surface area contributed by atoms with Crippen molar-refractivity contribution < 1.29 is 40.1 Å². The van der Waals surface area contributed by atoms with Crippen LogP contribution in [0, 0.1) is 0 Å². The Hall–Kier alpha value is -4.37. The second-order valence-corrected chi connectivity index (χ2v) is 19.5. The Kier molecular flexibility index (Phi) is 15.3. The maximum Gasteiger partial charge on any atom is 0.294 e. The van der Waals surface area contributed by atoms with Gasteiger partial charge in [-0.05, 0) is 94.3 Å². The highest BCUT2D eigenvalue weighted by molar-refractivity contribution is 7.86. The summed E-state index contributed by atoms with van der Waals surface area (Å²) in [5.74, 6) is 0.0989. The molecule has 4 N–H and O–H groups in total. The SMILES string of the molecule is CC1(C)C2=CC=CC=CC=CC3=[N+](CCCCCC(=O)NCCCCCCNC(=O)CCCCCN2c2ccc(S(=O)(=O)O)cc21)c1ccc(S(=O)(=O)O)cc1C3(C)C.